The zero-order valence-electron chi connectivity index (χ0n) is 14.6. The lowest BCUT2D eigenvalue weighted by atomic mass is 9.97. The highest BCUT2D eigenvalue weighted by Crippen LogP contribution is 2.30. The van der Waals surface area contributed by atoms with Crippen molar-refractivity contribution < 1.29 is 33.3 Å². The third kappa shape index (κ3) is 4.07. The predicted octanol–water partition coefficient (Wildman–Crippen LogP) is 1.03. The Balaban J connectivity index is 1.49. The van der Waals surface area contributed by atoms with E-state index in [0.717, 1.165) is 0 Å². The van der Waals surface area contributed by atoms with Gasteiger partial charge in [0.05, 0.1) is 18.6 Å². The van der Waals surface area contributed by atoms with Gasteiger partial charge in [-0.25, -0.2) is 4.79 Å². The first kappa shape index (κ1) is 18.0. The van der Waals surface area contributed by atoms with Crippen LogP contribution in [0.5, 0.6) is 11.5 Å². The normalized spacial score (nSPS) is 16.7. The van der Waals surface area contributed by atoms with Gasteiger partial charge in [0, 0.05) is 13.1 Å². The number of likely N-dealkylation sites (tertiary alicyclic amines) is 1. The molecule has 8 nitrogen and oxygen atoms in total. The van der Waals surface area contributed by atoms with Crippen LogP contribution in [-0.4, -0.2) is 62.8 Å². The maximum Gasteiger partial charge on any atom is 0.338 e. The van der Waals surface area contributed by atoms with Crippen molar-refractivity contribution in [1.82, 2.24) is 4.90 Å². The molecule has 0 aliphatic carbocycles. The molecule has 0 bridgehead atoms. The third-order valence-electron chi connectivity index (χ3n) is 4.49. The molecule has 0 saturated carbocycles. The SMILES string of the molecule is COC(=O)C1CCN(C(=O)COC(=O)c2ccc3c(c2)OCCO3)CC1. The second-order valence-corrected chi connectivity index (χ2v) is 6.11. The number of piperidine rings is 1. The molecule has 0 N–H and O–H groups in total. The molecule has 0 radical (unpaired) electrons. The van der Waals surface area contributed by atoms with Crippen molar-refractivity contribution in [2.45, 2.75) is 12.8 Å². The van der Waals surface area contributed by atoms with E-state index < -0.39 is 5.97 Å². The smallest absolute Gasteiger partial charge is 0.338 e. The molecule has 0 unspecified atom stereocenters. The summed E-state index contributed by atoms with van der Waals surface area (Å²) >= 11 is 0. The number of nitrogens with zero attached hydrogens (tertiary/aromatic N) is 1. The molecular weight excluding hydrogens is 342 g/mol. The van der Waals surface area contributed by atoms with E-state index in [1.54, 1.807) is 23.1 Å². The van der Waals surface area contributed by atoms with Crippen LogP contribution in [0.2, 0.25) is 0 Å². The molecule has 1 fully saturated rings. The van der Waals surface area contributed by atoms with E-state index >= 15 is 0 Å². The fourth-order valence-corrected chi connectivity index (χ4v) is 3.00. The van der Waals surface area contributed by atoms with Gasteiger partial charge in [0.25, 0.3) is 5.91 Å². The Hall–Kier alpha value is -2.77. The van der Waals surface area contributed by atoms with Crippen molar-refractivity contribution in [1.29, 1.82) is 0 Å². The second kappa shape index (κ2) is 8.07. The van der Waals surface area contributed by atoms with Crippen LogP contribution in [0.4, 0.5) is 0 Å². The summed E-state index contributed by atoms with van der Waals surface area (Å²) in [4.78, 5) is 37.4. The van der Waals surface area contributed by atoms with Gasteiger partial charge in [0.15, 0.2) is 18.1 Å². The predicted molar refractivity (Wildman–Crippen MR) is 89.0 cm³/mol. The number of hydrogen-bond donors (Lipinski definition) is 0. The van der Waals surface area contributed by atoms with E-state index in [9.17, 15) is 14.4 Å². The van der Waals surface area contributed by atoms with Gasteiger partial charge in [-0.3, -0.25) is 9.59 Å². The van der Waals surface area contributed by atoms with Gasteiger partial charge in [0.2, 0.25) is 0 Å². The molecule has 0 atom stereocenters. The van der Waals surface area contributed by atoms with Crippen LogP contribution in [-0.2, 0) is 19.1 Å². The minimum atomic E-state index is -0.597. The number of carbonyl (C=O) groups excluding carboxylic acids is 3. The number of hydrogen-bond acceptors (Lipinski definition) is 7. The van der Waals surface area contributed by atoms with E-state index in [1.165, 1.54) is 7.11 Å². The van der Waals surface area contributed by atoms with Gasteiger partial charge in [-0.15, -0.1) is 0 Å². The Labute approximate surface area is 150 Å². The largest absolute Gasteiger partial charge is 0.486 e. The van der Waals surface area contributed by atoms with Crippen molar-refractivity contribution in [2.75, 3.05) is 40.0 Å². The maximum absolute atomic E-state index is 12.2. The molecule has 2 aliphatic rings. The van der Waals surface area contributed by atoms with Gasteiger partial charge in [-0.05, 0) is 31.0 Å². The number of esters is 2. The molecule has 2 heterocycles. The number of ether oxygens (including phenoxy) is 4. The quantitative estimate of drug-likeness (QED) is 0.738. The van der Waals surface area contributed by atoms with Crippen molar-refractivity contribution >= 4 is 17.8 Å². The number of methoxy groups -OCH3 is 1. The Kier molecular flexibility index (Phi) is 5.60. The van der Waals surface area contributed by atoms with Crippen LogP contribution in [0, 0.1) is 5.92 Å². The summed E-state index contributed by atoms with van der Waals surface area (Å²) in [5, 5.41) is 0. The molecule has 0 spiro atoms. The van der Waals surface area contributed by atoms with Crippen LogP contribution in [0.1, 0.15) is 23.2 Å². The molecule has 1 aromatic rings. The summed E-state index contributed by atoms with van der Waals surface area (Å²) in [5.74, 6) is -0.232. The highest BCUT2D eigenvalue weighted by molar-refractivity contribution is 5.92. The number of rotatable bonds is 4. The number of benzene rings is 1. The average Bonchev–Trinajstić information content (AvgIpc) is 2.70. The van der Waals surface area contributed by atoms with Crippen LogP contribution >= 0.6 is 0 Å². The minimum absolute atomic E-state index is 0.177. The van der Waals surface area contributed by atoms with E-state index in [2.05, 4.69) is 0 Å². The zero-order valence-corrected chi connectivity index (χ0v) is 14.6. The molecule has 1 saturated heterocycles. The van der Waals surface area contributed by atoms with Gasteiger partial charge >= 0.3 is 11.9 Å². The summed E-state index contributed by atoms with van der Waals surface area (Å²) in [6.07, 6.45) is 1.10. The van der Waals surface area contributed by atoms with Gasteiger partial charge in [0.1, 0.15) is 13.2 Å². The van der Waals surface area contributed by atoms with Gasteiger partial charge in [-0.2, -0.15) is 0 Å². The minimum Gasteiger partial charge on any atom is -0.486 e. The Bertz CT molecular complexity index is 695. The maximum atomic E-state index is 12.2. The van der Waals surface area contributed by atoms with E-state index in [4.69, 9.17) is 18.9 Å². The second-order valence-electron chi connectivity index (χ2n) is 6.11. The highest BCUT2D eigenvalue weighted by Gasteiger charge is 2.28. The van der Waals surface area contributed by atoms with Crippen molar-refractivity contribution in [3.05, 3.63) is 23.8 Å². The third-order valence-corrected chi connectivity index (χ3v) is 4.49. The molecule has 1 aromatic carbocycles. The summed E-state index contributed by atoms with van der Waals surface area (Å²) < 4.78 is 20.7. The van der Waals surface area contributed by atoms with E-state index in [-0.39, 0.29) is 24.4 Å². The molecule has 26 heavy (non-hydrogen) atoms. The summed E-state index contributed by atoms with van der Waals surface area (Å²) in [7, 11) is 1.36. The topological polar surface area (TPSA) is 91.4 Å². The first-order valence-corrected chi connectivity index (χ1v) is 8.51. The lowest BCUT2D eigenvalue weighted by Crippen LogP contribution is -2.42. The fourth-order valence-electron chi connectivity index (χ4n) is 3.00. The van der Waals surface area contributed by atoms with Crippen molar-refractivity contribution in [3.8, 4) is 11.5 Å². The first-order chi connectivity index (χ1) is 12.6. The summed E-state index contributed by atoms with van der Waals surface area (Å²) in [6, 6.07) is 4.76. The van der Waals surface area contributed by atoms with Gasteiger partial charge < -0.3 is 23.8 Å². The highest BCUT2D eigenvalue weighted by atomic mass is 16.6. The van der Waals surface area contributed by atoms with Crippen LogP contribution < -0.4 is 9.47 Å². The molecular formula is C18H21NO7. The van der Waals surface area contributed by atoms with Crippen molar-refractivity contribution in [3.63, 3.8) is 0 Å². The monoisotopic (exact) mass is 363 g/mol. The lowest BCUT2D eigenvalue weighted by Gasteiger charge is -2.30. The van der Waals surface area contributed by atoms with Crippen LogP contribution in [0.15, 0.2) is 18.2 Å². The van der Waals surface area contributed by atoms with E-state index in [1.807, 2.05) is 0 Å². The van der Waals surface area contributed by atoms with Gasteiger partial charge in [-0.1, -0.05) is 0 Å². The van der Waals surface area contributed by atoms with E-state index in [0.29, 0.717) is 56.2 Å². The number of carbonyl (C=O) groups is 3. The van der Waals surface area contributed by atoms with Crippen LogP contribution in [0.3, 0.4) is 0 Å². The van der Waals surface area contributed by atoms with Crippen LogP contribution in [0.25, 0.3) is 0 Å². The molecule has 1 amide bonds. The molecule has 2 aliphatic heterocycles. The Morgan fingerprint density at radius 2 is 1.81 bits per heavy atom. The number of amides is 1. The Morgan fingerprint density at radius 1 is 1.12 bits per heavy atom. The molecule has 8 heteroatoms. The fraction of sp³-hybridized carbons (Fsp3) is 0.500. The zero-order chi connectivity index (χ0) is 18.5. The molecule has 140 valence electrons. The number of fused-ring (bicyclic) bond motifs is 1. The summed E-state index contributed by atoms with van der Waals surface area (Å²) in [5.41, 5.74) is 0.298. The molecule has 3 rings (SSSR count). The lowest BCUT2D eigenvalue weighted by molar-refractivity contribution is -0.149. The summed E-state index contributed by atoms with van der Waals surface area (Å²) in [6.45, 7) is 1.44. The standard InChI is InChI=1S/C18H21NO7/c1-23-17(21)12-4-6-19(7-5-12)16(20)11-26-18(22)13-2-3-14-15(10-13)25-9-8-24-14/h2-3,10,12H,4-9,11H2,1H3. The van der Waals surface area contributed by atoms with Crippen molar-refractivity contribution in [2.24, 2.45) is 5.92 Å². The average molecular weight is 363 g/mol. The first-order valence-electron chi connectivity index (χ1n) is 8.51. The Morgan fingerprint density at radius 3 is 2.50 bits per heavy atom. The molecule has 0 aromatic heterocycles.